The molecule has 1 N–H and O–H groups in total. The van der Waals surface area contributed by atoms with E-state index in [1.54, 1.807) is 42.0 Å². The number of hydrogen-bond acceptors (Lipinski definition) is 6. The summed E-state index contributed by atoms with van der Waals surface area (Å²) in [6, 6.07) is 12.2. The molecule has 9 heteroatoms. The molecule has 0 radical (unpaired) electrons. The summed E-state index contributed by atoms with van der Waals surface area (Å²) in [5, 5.41) is 17.1. The van der Waals surface area contributed by atoms with Gasteiger partial charge in [-0.05, 0) is 42.5 Å². The van der Waals surface area contributed by atoms with Gasteiger partial charge in [-0.25, -0.2) is 0 Å². The standard InChI is InChI=1S/C19H16ClN5O2S/c1-3-16-22-23-19-25(16)24-18(28-19)12-6-9-15(27-2)14(10-12)21-17(26)11-4-7-13(20)8-5-11/h4-10H,3H2,1-2H3,(H,21,26). The van der Waals surface area contributed by atoms with Crippen LogP contribution in [0.5, 0.6) is 5.75 Å². The van der Waals surface area contributed by atoms with Gasteiger partial charge in [-0.1, -0.05) is 29.9 Å². The van der Waals surface area contributed by atoms with Crippen molar-refractivity contribution < 1.29 is 9.53 Å². The second-order valence-corrected chi connectivity index (χ2v) is 7.34. The van der Waals surface area contributed by atoms with E-state index < -0.39 is 0 Å². The Morgan fingerprint density at radius 2 is 2.00 bits per heavy atom. The molecule has 0 spiro atoms. The third-order valence-electron chi connectivity index (χ3n) is 4.17. The highest BCUT2D eigenvalue weighted by Gasteiger charge is 2.15. The van der Waals surface area contributed by atoms with Gasteiger partial charge in [0.15, 0.2) is 5.82 Å². The van der Waals surface area contributed by atoms with Crippen LogP contribution in [0.1, 0.15) is 23.1 Å². The number of ether oxygens (including phenoxy) is 1. The van der Waals surface area contributed by atoms with Crippen LogP contribution in [0, 0.1) is 0 Å². The molecule has 2 aromatic carbocycles. The molecular weight excluding hydrogens is 398 g/mol. The molecule has 2 heterocycles. The SMILES string of the molecule is CCc1nnc2sc(-c3ccc(OC)c(NC(=O)c4ccc(Cl)cc4)c3)nn12. The highest BCUT2D eigenvalue weighted by atomic mass is 35.5. The summed E-state index contributed by atoms with van der Waals surface area (Å²) in [4.78, 5) is 13.3. The Morgan fingerprint density at radius 3 is 2.71 bits per heavy atom. The largest absolute Gasteiger partial charge is 0.495 e. The normalized spacial score (nSPS) is 11.0. The molecule has 0 unspecified atom stereocenters. The van der Waals surface area contributed by atoms with E-state index in [0.717, 1.165) is 27.8 Å². The van der Waals surface area contributed by atoms with Gasteiger partial charge in [0.05, 0.1) is 12.8 Å². The number of nitrogens with zero attached hydrogens (tertiary/aromatic N) is 4. The van der Waals surface area contributed by atoms with Gasteiger partial charge in [0.25, 0.3) is 5.91 Å². The number of aryl methyl sites for hydroxylation is 1. The third kappa shape index (κ3) is 3.44. The van der Waals surface area contributed by atoms with Crippen LogP contribution in [0.3, 0.4) is 0 Å². The zero-order valence-corrected chi connectivity index (χ0v) is 16.7. The molecule has 7 nitrogen and oxygen atoms in total. The number of nitrogens with one attached hydrogen (secondary N) is 1. The molecule has 142 valence electrons. The van der Waals surface area contributed by atoms with E-state index in [2.05, 4.69) is 20.6 Å². The van der Waals surface area contributed by atoms with Crippen LogP contribution in [-0.4, -0.2) is 32.8 Å². The van der Waals surface area contributed by atoms with Crippen molar-refractivity contribution >= 4 is 39.5 Å². The summed E-state index contributed by atoms with van der Waals surface area (Å²) in [6.45, 7) is 2.01. The average Bonchev–Trinajstić information content (AvgIpc) is 3.29. The zero-order valence-electron chi connectivity index (χ0n) is 15.1. The minimum Gasteiger partial charge on any atom is -0.495 e. The number of carbonyl (C=O) groups is 1. The number of anilines is 1. The molecule has 1 amide bonds. The number of amides is 1. The van der Waals surface area contributed by atoms with Gasteiger partial charge in [0.2, 0.25) is 4.96 Å². The van der Waals surface area contributed by atoms with Crippen LogP contribution in [-0.2, 0) is 6.42 Å². The number of aromatic nitrogens is 4. The minimum absolute atomic E-state index is 0.251. The number of rotatable bonds is 5. The van der Waals surface area contributed by atoms with E-state index in [4.69, 9.17) is 16.3 Å². The Hall–Kier alpha value is -2.97. The maximum absolute atomic E-state index is 12.6. The molecule has 28 heavy (non-hydrogen) atoms. The van der Waals surface area contributed by atoms with Crippen molar-refractivity contribution in [1.29, 1.82) is 0 Å². The second-order valence-electron chi connectivity index (χ2n) is 5.95. The van der Waals surface area contributed by atoms with Crippen LogP contribution < -0.4 is 10.1 Å². The van der Waals surface area contributed by atoms with Gasteiger partial charge < -0.3 is 10.1 Å². The van der Waals surface area contributed by atoms with E-state index in [9.17, 15) is 4.79 Å². The smallest absolute Gasteiger partial charge is 0.255 e. The van der Waals surface area contributed by atoms with E-state index >= 15 is 0 Å². The van der Waals surface area contributed by atoms with Gasteiger partial charge >= 0.3 is 0 Å². The van der Waals surface area contributed by atoms with E-state index in [1.807, 2.05) is 19.1 Å². The molecule has 0 atom stereocenters. The topological polar surface area (TPSA) is 81.4 Å². The summed E-state index contributed by atoms with van der Waals surface area (Å²) >= 11 is 7.33. The number of fused-ring (bicyclic) bond motifs is 1. The molecule has 2 aromatic heterocycles. The Morgan fingerprint density at radius 1 is 1.21 bits per heavy atom. The van der Waals surface area contributed by atoms with Crippen molar-refractivity contribution in [2.75, 3.05) is 12.4 Å². The molecule has 4 rings (SSSR count). The van der Waals surface area contributed by atoms with Crippen molar-refractivity contribution in [2.45, 2.75) is 13.3 Å². The highest BCUT2D eigenvalue weighted by molar-refractivity contribution is 7.19. The summed E-state index contributed by atoms with van der Waals surface area (Å²) < 4.78 is 7.14. The number of carbonyl (C=O) groups excluding carboxylic acids is 1. The molecule has 0 aliphatic carbocycles. The molecule has 0 fully saturated rings. The van der Waals surface area contributed by atoms with Gasteiger partial charge in [0.1, 0.15) is 10.8 Å². The Labute approximate surface area is 169 Å². The lowest BCUT2D eigenvalue weighted by atomic mass is 10.1. The molecule has 0 bridgehead atoms. The Kier molecular flexibility index (Phi) is 4.97. The van der Waals surface area contributed by atoms with Gasteiger partial charge in [0, 0.05) is 22.6 Å². The Bertz CT molecular complexity index is 1150. The first-order valence-electron chi connectivity index (χ1n) is 8.55. The predicted molar refractivity (Wildman–Crippen MR) is 109 cm³/mol. The van der Waals surface area contributed by atoms with Gasteiger partial charge in [-0.15, -0.1) is 10.2 Å². The van der Waals surface area contributed by atoms with Crippen LogP contribution in [0.25, 0.3) is 15.5 Å². The summed E-state index contributed by atoms with van der Waals surface area (Å²) in [7, 11) is 1.56. The fourth-order valence-corrected chi connectivity index (χ4v) is 3.71. The van der Waals surface area contributed by atoms with E-state index in [0.29, 0.717) is 22.0 Å². The van der Waals surface area contributed by atoms with Crippen molar-refractivity contribution in [2.24, 2.45) is 0 Å². The van der Waals surface area contributed by atoms with Crippen molar-refractivity contribution in [3.8, 4) is 16.3 Å². The maximum atomic E-state index is 12.6. The first kappa shape index (κ1) is 18.4. The second kappa shape index (κ2) is 7.57. The van der Waals surface area contributed by atoms with Crippen LogP contribution in [0.2, 0.25) is 5.02 Å². The minimum atomic E-state index is -0.251. The average molecular weight is 414 g/mol. The van der Waals surface area contributed by atoms with Crippen molar-refractivity contribution in [3.63, 3.8) is 0 Å². The lowest BCUT2D eigenvalue weighted by Crippen LogP contribution is -2.12. The molecule has 4 aromatic rings. The fraction of sp³-hybridized carbons (Fsp3) is 0.158. The summed E-state index contributed by atoms with van der Waals surface area (Å²) in [5.74, 6) is 1.11. The fourth-order valence-electron chi connectivity index (χ4n) is 2.73. The van der Waals surface area contributed by atoms with Gasteiger partial charge in [-0.2, -0.15) is 9.61 Å². The van der Waals surface area contributed by atoms with Gasteiger partial charge in [-0.3, -0.25) is 4.79 Å². The quantitative estimate of drug-likeness (QED) is 0.526. The lowest BCUT2D eigenvalue weighted by Gasteiger charge is -2.11. The van der Waals surface area contributed by atoms with E-state index in [1.165, 1.54) is 11.3 Å². The first-order chi connectivity index (χ1) is 13.6. The zero-order chi connectivity index (χ0) is 19.7. The maximum Gasteiger partial charge on any atom is 0.255 e. The highest BCUT2D eigenvalue weighted by Crippen LogP contribution is 2.33. The predicted octanol–water partition coefficient (Wildman–Crippen LogP) is 4.33. The molecule has 0 saturated heterocycles. The lowest BCUT2D eigenvalue weighted by molar-refractivity contribution is 0.102. The van der Waals surface area contributed by atoms with E-state index in [-0.39, 0.29) is 5.91 Å². The number of hydrogen-bond donors (Lipinski definition) is 1. The van der Waals surface area contributed by atoms with Crippen molar-refractivity contribution in [3.05, 3.63) is 58.9 Å². The van der Waals surface area contributed by atoms with Crippen LogP contribution in [0.15, 0.2) is 42.5 Å². The number of benzene rings is 2. The summed E-state index contributed by atoms with van der Waals surface area (Å²) in [6.07, 6.45) is 0.745. The third-order valence-corrected chi connectivity index (χ3v) is 5.37. The molecular formula is C19H16ClN5O2S. The molecule has 0 aliphatic heterocycles. The Balaban J connectivity index is 1.67. The van der Waals surface area contributed by atoms with Crippen LogP contribution >= 0.6 is 22.9 Å². The van der Waals surface area contributed by atoms with Crippen molar-refractivity contribution in [1.82, 2.24) is 19.8 Å². The van der Waals surface area contributed by atoms with Crippen LogP contribution in [0.4, 0.5) is 5.69 Å². The monoisotopic (exact) mass is 413 g/mol. The molecule has 0 aliphatic rings. The summed E-state index contributed by atoms with van der Waals surface area (Å²) in [5.41, 5.74) is 1.91. The molecule has 0 saturated carbocycles. The first-order valence-corrected chi connectivity index (χ1v) is 9.75. The number of methoxy groups -OCH3 is 1. The number of halogens is 1.